The lowest BCUT2D eigenvalue weighted by Crippen LogP contribution is -2.17. The molecule has 0 aliphatic carbocycles. The fourth-order valence-electron chi connectivity index (χ4n) is 1.69. The van der Waals surface area contributed by atoms with Gasteiger partial charge in [-0.1, -0.05) is 6.92 Å². The molecular weight excluding hydrogens is 170 g/mol. The number of aryl methyl sites for hydroxylation is 1. The van der Waals surface area contributed by atoms with Gasteiger partial charge >= 0.3 is 5.82 Å². The van der Waals surface area contributed by atoms with E-state index in [4.69, 9.17) is 0 Å². The molecule has 1 aromatic rings. The van der Waals surface area contributed by atoms with E-state index in [0.717, 1.165) is 25.1 Å². The van der Waals surface area contributed by atoms with Crippen molar-refractivity contribution in [1.29, 1.82) is 0 Å². The topological polar surface area (TPSA) is 61.0 Å². The van der Waals surface area contributed by atoms with E-state index in [9.17, 15) is 10.1 Å². The molecule has 0 fully saturated rings. The van der Waals surface area contributed by atoms with Crippen molar-refractivity contribution in [2.45, 2.75) is 26.3 Å². The first kappa shape index (κ1) is 8.22. The Morgan fingerprint density at radius 2 is 2.54 bits per heavy atom. The van der Waals surface area contributed by atoms with Gasteiger partial charge in [0.25, 0.3) is 0 Å². The molecule has 5 heteroatoms. The summed E-state index contributed by atoms with van der Waals surface area (Å²) < 4.78 is 1.75. The molecule has 5 nitrogen and oxygen atoms in total. The maximum atomic E-state index is 10.4. The van der Waals surface area contributed by atoms with Crippen LogP contribution in [0.1, 0.15) is 19.0 Å². The van der Waals surface area contributed by atoms with E-state index < -0.39 is 4.92 Å². The van der Waals surface area contributed by atoms with Crippen LogP contribution in [0.2, 0.25) is 0 Å². The van der Waals surface area contributed by atoms with Crippen molar-refractivity contribution in [3.05, 3.63) is 21.9 Å². The quantitative estimate of drug-likeness (QED) is 0.485. The monoisotopic (exact) mass is 181 g/mol. The van der Waals surface area contributed by atoms with E-state index in [2.05, 4.69) is 12.0 Å². The summed E-state index contributed by atoms with van der Waals surface area (Å²) in [6.07, 6.45) is 1.96. The van der Waals surface area contributed by atoms with Crippen molar-refractivity contribution in [1.82, 2.24) is 9.78 Å². The maximum Gasteiger partial charge on any atom is 0.390 e. The van der Waals surface area contributed by atoms with Crippen LogP contribution in [0.5, 0.6) is 0 Å². The van der Waals surface area contributed by atoms with E-state index in [-0.39, 0.29) is 5.82 Å². The average Bonchev–Trinajstić information content (AvgIpc) is 2.46. The fraction of sp³-hybridized carbons (Fsp3) is 0.625. The Labute approximate surface area is 75.5 Å². The van der Waals surface area contributed by atoms with Gasteiger partial charge in [-0.15, -0.1) is 0 Å². The third-order valence-corrected chi connectivity index (χ3v) is 2.43. The predicted molar refractivity (Wildman–Crippen MR) is 46.4 cm³/mol. The number of hydrogen-bond donors (Lipinski definition) is 0. The zero-order valence-corrected chi connectivity index (χ0v) is 7.43. The number of rotatable bonds is 1. The summed E-state index contributed by atoms with van der Waals surface area (Å²) in [4.78, 5) is 10.00. The summed E-state index contributed by atoms with van der Waals surface area (Å²) in [6, 6.07) is 1.58. The van der Waals surface area contributed by atoms with E-state index in [1.54, 1.807) is 10.7 Å². The lowest BCUT2D eigenvalue weighted by atomic mass is 9.99. The summed E-state index contributed by atoms with van der Waals surface area (Å²) in [5.41, 5.74) is 0.991. The Bertz CT molecular complexity index is 345. The molecule has 1 aliphatic heterocycles. The highest BCUT2D eigenvalue weighted by molar-refractivity contribution is 5.23. The van der Waals surface area contributed by atoms with Gasteiger partial charge in [0.2, 0.25) is 0 Å². The molecular formula is C8H11N3O2. The molecule has 0 aromatic carbocycles. The minimum Gasteiger partial charge on any atom is -0.358 e. The van der Waals surface area contributed by atoms with Crippen molar-refractivity contribution >= 4 is 5.82 Å². The van der Waals surface area contributed by atoms with Crippen molar-refractivity contribution in [3.63, 3.8) is 0 Å². The Hall–Kier alpha value is -1.39. The van der Waals surface area contributed by atoms with Crippen LogP contribution in [0.25, 0.3) is 0 Å². The average molecular weight is 181 g/mol. The van der Waals surface area contributed by atoms with Crippen molar-refractivity contribution in [2.24, 2.45) is 5.92 Å². The van der Waals surface area contributed by atoms with Crippen LogP contribution < -0.4 is 0 Å². The molecule has 1 unspecified atom stereocenters. The maximum absolute atomic E-state index is 10.4. The first-order valence-electron chi connectivity index (χ1n) is 4.38. The van der Waals surface area contributed by atoms with Crippen molar-refractivity contribution < 1.29 is 4.92 Å². The molecule has 0 saturated heterocycles. The minimum absolute atomic E-state index is 0.0240. The van der Waals surface area contributed by atoms with Crippen LogP contribution in [0.15, 0.2) is 6.07 Å². The van der Waals surface area contributed by atoms with Gasteiger partial charge in [0, 0.05) is 0 Å². The fourth-order valence-corrected chi connectivity index (χ4v) is 1.69. The molecule has 0 spiro atoms. The summed E-state index contributed by atoms with van der Waals surface area (Å²) >= 11 is 0. The van der Waals surface area contributed by atoms with E-state index in [0.29, 0.717) is 5.92 Å². The lowest BCUT2D eigenvalue weighted by molar-refractivity contribution is -0.389. The van der Waals surface area contributed by atoms with E-state index in [1.807, 2.05) is 0 Å². The first-order chi connectivity index (χ1) is 6.16. The number of aromatic nitrogens is 2. The first-order valence-corrected chi connectivity index (χ1v) is 4.38. The number of fused-ring (bicyclic) bond motifs is 1. The van der Waals surface area contributed by atoms with Gasteiger partial charge in [-0.25, -0.2) is 0 Å². The predicted octanol–water partition coefficient (Wildman–Crippen LogP) is 1.37. The highest BCUT2D eigenvalue weighted by Gasteiger charge is 2.23. The largest absolute Gasteiger partial charge is 0.390 e. The van der Waals surface area contributed by atoms with Crippen molar-refractivity contribution in [3.8, 4) is 0 Å². The molecule has 70 valence electrons. The highest BCUT2D eigenvalue weighted by Crippen LogP contribution is 2.22. The van der Waals surface area contributed by atoms with Crippen molar-refractivity contribution in [2.75, 3.05) is 0 Å². The highest BCUT2D eigenvalue weighted by atomic mass is 16.6. The molecule has 1 aromatic heterocycles. The second-order valence-corrected chi connectivity index (χ2v) is 3.57. The van der Waals surface area contributed by atoms with Crippen LogP contribution in [-0.2, 0) is 13.0 Å². The summed E-state index contributed by atoms with van der Waals surface area (Å²) in [5, 5.41) is 14.3. The van der Waals surface area contributed by atoms with Gasteiger partial charge in [0.15, 0.2) is 0 Å². The second kappa shape index (κ2) is 2.83. The molecule has 0 radical (unpaired) electrons. The van der Waals surface area contributed by atoms with Gasteiger partial charge in [-0.05, 0) is 23.7 Å². The number of nitrogens with zero attached hydrogens (tertiary/aromatic N) is 3. The molecule has 1 atom stereocenters. The van der Waals surface area contributed by atoms with Gasteiger partial charge in [0.05, 0.1) is 23.4 Å². The lowest BCUT2D eigenvalue weighted by Gasteiger charge is -2.15. The zero-order chi connectivity index (χ0) is 9.42. The van der Waals surface area contributed by atoms with Crippen LogP contribution in [-0.4, -0.2) is 14.7 Å². The molecule has 0 N–H and O–H groups in total. The summed E-state index contributed by atoms with van der Waals surface area (Å²) in [7, 11) is 0. The molecule has 0 saturated carbocycles. The SMILES string of the molecule is CC1CCn2nc([N+](=O)[O-])cc2C1. The minimum atomic E-state index is -0.435. The van der Waals surface area contributed by atoms with Crippen LogP contribution in [0.4, 0.5) is 5.82 Å². The van der Waals surface area contributed by atoms with Gasteiger partial charge in [0.1, 0.15) is 0 Å². The molecule has 13 heavy (non-hydrogen) atoms. The molecule has 2 heterocycles. The third kappa shape index (κ3) is 1.41. The number of nitro groups is 1. The number of hydrogen-bond acceptors (Lipinski definition) is 3. The Kier molecular flexibility index (Phi) is 1.79. The van der Waals surface area contributed by atoms with Crippen LogP contribution >= 0.6 is 0 Å². The van der Waals surface area contributed by atoms with Gasteiger partial charge in [-0.3, -0.25) is 0 Å². The Balaban J connectivity index is 2.33. The van der Waals surface area contributed by atoms with E-state index in [1.165, 1.54) is 0 Å². The standard InChI is InChI=1S/C8H11N3O2/c1-6-2-3-10-7(4-6)5-8(9-10)11(12)13/h5-6H,2-4H2,1H3. The summed E-state index contributed by atoms with van der Waals surface area (Å²) in [6.45, 7) is 2.96. The Morgan fingerprint density at radius 1 is 1.77 bits per heavy atom. The van der Waals surface area contributed by atoms with Gasteiger partial charge in [-0.2, -0.15) is 4.68 Å². The molecule has 0 bridgehead atoms. The second-order valence-electron chi connectivity index (χ2n) is 3.57. The molecule has 0 amide bonds. The third-order valence-electron chi connectivity index (χ3n) is 2.43. The van der Waals surface area contributed by atoms with Crippen LogP contribution in [0.3, 0.4) is 0 Å². The zero-order valence-electron chi connectivity index (χ0n) is 7.43. The summed E-state index contributed by atoms with van der Waals surface area (Å²) in [5.74, 6) is 0.591. The smallest absolute Gasteiger partial charge is 0.358 e. The molecule has 1 aliphatic rings. The Morgan fingerprint density at radius 3 is 3.23 bits per heavy atom. The van der Waals surface area contributed by atoms with Crippen LogP contribution in [0, 0.1) is 16.0 Å². The normalized spacial score (nSPS) is 21.2. The van der Waals surface area contributed by atoms with E-state index >= 15 is 0 Å². The van der Waals surface area contributed by atoms with Gasteiger partial charge < -0.3 is 10.1 Å². The molecule has 2 rings (SSSR count).